The highest BCUT2D eigenvalue weighted by Gasteiger charge is 2.13. The summed E-state index contributed by atoms with van der Waals surface area (Å²) in [5.74, 6) is 0.975. The van der Waals surface area contributed by atoms with Crippen molar-refractivity contribution in [3.05, 3.63) is 60.2 Å². The van der Waals surface area contributed by atoms with Crippen molar-refractivity contribution >= 4 is 9.84 Å². The first-order chi connectivity index (χ1) is 11.4. The lowest BCUT2D eigenvalue weighted by atomic mass is 9.94. The minimum Gasteiger partial charge on any atom is -0.492 e. The lowest BCUT2D eigenvalue weighted by Gasteiger charge is -2.22. The average Bonchev–Trinajstić information content (AvgIpc) is 2.58. The monoisotopic (exact) mass is 347 g/mol. The molecule has 0 bridgehead atoms. The molecule has 0 fully saturated rings. The lowest BCUT2D eigenvalue weighted by Crippen LogP contribution is -2.34. The number of hydrogen-bond acceptors (Lipinski definition) is 4. The fraction of sp³-hybridized carbons (Fsp3) is 0.368. The molecule has 130 valence electrons. The Kier molecular flexibility index (Phi) is 6.40. The molecule has 0 aliphatic heterocycles. The predicted octanol–water partition coefficient (Wildman–Crippen LogP) is 3.25. The Balaban J connectivity index is 1.81. The van der Waals surface area contributed by atoms with Crippen LogP contribution in [0.15, 0.2) is 59.5 Å². The number of ether oxygens (including phenoxy) is 1. The van der Waals surface area contributed by atoms with Crippen LogP contribution in [-0.2, 0) is 9.84 Å². The van der Waals surface area contributed by atoms with Crippen molar-refractivity contribution in [2.75, 3.05) is 19.4 Å². The Morgan fingerprint density at radius 1 is 1.04 bits per heavy atom. The fourth-order valence-electron chi connectivity index (χ4n) is 2.47. The smallest absolute Gasteiger partial charge is 0.175 e. The third kappa shape index (κ3) is 5.35. The lowest BCUT2D eigenvalue weighted by molar-refractivity contribution is 0.302. The van der Waals surface area contributed by atoms with Crippen LogP contribution in [0.5, 0.6) is 5.75 Å². The van der Waals surface area contributed by atoms with E-state index in [4.69, 9.17) is 4.74 Å². The zero-order chi connectivity index (χ0) is 17.6. The maximum Gasteiger partial charge on any atom is 0.175 e. The Morgan fingerprint density at radius 3 is 2.42 bits per heavy atom. The highest BCUT2D eigenvalue weighted by molar-refractivity contribution is 7.90. The van der Waals surface area contributed by atoms with E-state index >= 15 is 0 Å². The summed E-state index contributed by atoms with van der Waals surface area (Å²) in [4.78, 5) is 0.277. The summed E-state index contributed by atoms with van der Waals surface area (Å²) in [5.41, 5.74) is 1.30. The molecule has 0 aliphatic rings. The van der Waals surface area contributed by atoms with Gasteiger partial charge in [0.2, 0.25) is 0 Å². The average molecular weight is 347 g/mol. The van der Waals surface area contributed by atoms with Crippen LogP contribution in [0.25, 0.3) is 0 Å². The van der Waals surface area contributed by atoms with Gasteiger partial charge >= 0.3 is 0 Å². The molecule has 0 radical (unpaired) electrons. The number of nitrogens with one attached hydrogen (secondary N) is 1. The minimum atomic E-state index is -3.21. The maximum absolute atomic E-state index is 11.5. The van der Waals surface area contributed by atoms with E-state index in [1.54, 1.807) is 24.3 Å². The second-order valence-corrected chi connectivity index (χ2v) is 8.05. The third-order valence-electron chi connectivity index (χ3n) is 4.15. The van der Waals surface area contributed by atoms with E-state index in [1.807, 2.05) is 6.07 Å². The van der Waals surface area contributed by atoms with E-state index < -0.39 is 9.84 Å². The molecule has 0 saturated carbocycles. The summed E-state index contributed by atoms with van der Waals surface area (Å²) in [6, 6.07) is 17.3. The molecule has 2 unspecified atom stereocenters. The van der Waals surface area contributed by atoms with Crippen LogP contribution < -0.4 is 10.1 Å². The van der Waals surface area contributed by atoms with Gasteiger partial charge in [-0.05, 0) is 36.6 Å². The molecule has 0 aromatic heterocycles. The van der Waals surface area contributed by atoms with Crippen LogP contribution in [0.2, 0.25) is 0 Å². The molecule has 0 spiro atoms. The van der Waals surface area contributed by atoms with Crippen molar-refractivity contribution in [3.63, 3.8) is 0 Å². The normalized spacial score (nSPS) is 14.1. The van der Waals surface area contributed by atoms with E-state index in [1.165, 1.54) is 11.8 Å². The first kappa shape index (κ1) is 18.5. The summed E-state index contributed by atoms with van der Waals surface area (Å²) < 4.78 is 28.7. The fourth-order valence-corrected chi connectivity index (χ4v) is 3.13. The van der Waals surface area contributed by atoms with Gasteiger partial charge < -0.3 is 10.1 Å². The van der Waals surface area contributed by atoms with Gasteiger partial charge in [-0.15, -0.1) is 0 Å². The summed E-state index contributed by atoms with van der Waals surface area (Å²) in [6.07, 6.45) is 1.19. The topological polar surface area (TPSA) is 55.4 Å². The summed E-state index contributed by atoms with van der Waals surface area (Å²) >= 11 is 0. The van der Waals surface area contributed by atoms with Crippen LogP contribution in [0.1, 0.15) is 25.3 Å². The van der Waals surface area contributed by atoms with E-state index in [-0.39, 0.29) is 4.90 Å². The van der Waals surface area contributed by atoms with E-state index in [0.717, 1.165) is 0 Å². The van der Waals surface area contributed by atoms with E-state index in [9.17, 15) is 8.42 Å². The number of sulfone groups is 1. The van der Waals surface area contributed by atoms with Crippen molar-refractivity contribution < 1.29 is 13.2 Å². The molecule has 2 rings (SSSR count). The van der Waals surface area contributed by atoms with Gasteiger partial charge in [0.1, 0.15) is 12.4 Å². The van der Waals surface area contributed by atoms with Crippen molar-refractivity contribution in [3.8, 4) is 5.75 Å². The Labute approximate surface area is 144 Å². The van der Waals surface area contributed by atoms with E-state index in [2.05, 4.69) is 43.4 Å². The van der Waals surface area contributed by atoms with Crippen LogP contribution in [0, 0.1) is 0 Å². The van der Waals surface area contributed by atoms with Gasteiger partial charge in [-0.2, -0.15) is 0 Å². The minimum absolute atomic E-state index is 0.277. The van der Waals surface area contributed by atoms with Gasteiger partial charge in [-0.1, -0.05) is 43.3 Å². The van der Waals surface area contributed by atoms with Gasteiger partial charge in [0.05, 0.1) is 4.90 Å². The van der Waals surface area contributed by atoms with Crippen molar-refractivity contribution in [1.82, 2.24) is 5.32 Å². The molecule has 5 heteroatoms. The third-order valence-corrected chi connectivity index (χ3v) is 5.26. The second kappa shape index (κ2) is 8.31. The predicted molar refractivity (Wildman–Crippen MR) is 97.4 cm³/mol. The standard InChI is InChI=1S/C19H25NO3S/c1-15(17-8-5-4-6-9-17)16(2)20-12-13-23-18-10-7-11-19(14-18)24(3,21)22/h4-11,14-16,20H,12-13H2,1-3H3. The first-order valence-corrected chi connectivity index (χ1v) is 9.98. The van der Waals surface area contributed by atoms with Gasteiger partial charge in [-0.25, -0.2) is 8.42 Å². The number of rotatable bonds is 8. The van der Waals surface area contributed by atoms with Gasteiger partial charge in [0, 0.05) is 18.8 Å². The largest absolute Gasteiger partial charge is 0.492 e. The van der Waals surface area contributed by atoms with Crippen molar-refractivity contribution in [1.29, 1.82) is 0 Å². The molecule has 1 N–H and O–H groups in total. The quantitative estimate of drug-likeness (QED) is 0.745. The highest BCUT2D eigenvalue weighted by atomic mass is 32.2. The molecular formula is C19H25NO3S. The zero-order valence-corrected chi connectivity index (χ0v) is 15.2. The molecule has 24 heavy (non-hydrogen) atoms. The molecule has 0 aliphatic carbocycles. The Morgan fingerprint density at radius 2 is 1.75 bits per heavy atom. The van der Waals surface area contributed by atoms with Gasteiger partial charge in [0.25, 0.3) is 0 Å². The molecule has 4 nitrogen and oxygen atoms in total. The summed E-state index contributed by atoms with van der Waals surface area (Å²) in [7, 11) is -3.21. The number of benzene rings is 2. The SMILES string of the molecule is CC(NCCOc1cccc(S(C)(=O)=O)c1)C(C)c1ccccc1. The first-order valence-electron chi connectivity index (χ1n) is 8.09. The molecule has 0 saturated heterocycles. The van der Waals surface area contributed by atoms with Crippen LogP contribution in [0.4, 0.5) is 0 Å². The Bertz CT molecular complexity index is 744. The highest BCUT2D eigenvalue weighted by Crippen LogP contribution is 2.19. The molecule has 2 atom stereocenters. The zero-order valence-electron chi connectivity index (χ0n) is 14.4. The summed E-state index contributed by atoms with van der Waals surface area (Å²) in [5, 5.41) is 3.45. The van der Waals surface area contributed by atoms with E-state index in [0.29, 0.717) is 30.9 Å². The molecule has 2 aromatic carbocycles. The Hall–Kier alpha value is -1.85. The van der Waals surface area contributed by atoms with Crippen molar-refractivity contribution in [2.45, 2.75) is 30.7 Å². The van der Waals surface area contributed by atoms with Gasteiger partial charge in [-0.3, -0.25) is 0 Å². The van der Waals surface area contributed by atoms with Crippen molar-refractivity contribution in [2.24, 2.45) is 0 Å². The molecule has 2 aromatic rings. The maximum atomic E-state index is 11.5. The van der Waals surface area contributed by atoms with Crippen LogP contribution in [0.3, 0.4) is 0 Å². The molecule has 0 heterocycles. The van der Waals surface area contributed by atoms with Crippen LogP contribution >= 0.6 is 0 Å². The van der Waals surface area contributed by atoms with Crippen LogP contribution in [-0.4, -0.2) is 33.9 Å². The van der Waals surface area contributed by atoms with Gasteiger partial charge in [0.15, 0.2) is 9.84 Å². The molecule has 0 amide bonds. The second-order valence-electron chi connectivity index (χ2n) is 6.04. The molecular weight excluding hydrogens is 322 g/mol. The summed E-state index contributed by atoms with van der Waals surface area (Å²) in [6.45, 7) is 5.53. The number of hydrogen-bond donors (Lipinski definition) is 1.